The lowest BCUT2D eigenvalue weighted by molar-refractivity contribution is -0.136. The van der Waals surface area contributed by atoms with Gasteiger partial charge >= 0.3 is 0 Å². The number of morpholine rings is 1. The molecule has 1 atom stereocenters. The van der Waals surface area contributed by atoms with E-state index in [0.29, 0.717) is 32.2 Å². The third kappa shape index (κ3) is 4.66. The molecule has 1 unspecified atom stereocenters. The van der Waals surface area contributed by atoms with Gasteiger partial charge in [0.05, 0.1) is 24.5 Å². The smallest absolute Gasteiger partial charge is 0.245 e. The molecule has 4 heterocycles. The Balaban J connectivity index is 0.00000126. The second kappa shape index (κ2) is 9.96. The minimum absolute atomic E-state index is 0.151. The molecule has 0 spiro atoms. The second-order valence-electron chi connectivity index (χ2n) is 8.13. The van der Waals surface area contributed by atoms with Gasteiger partial charge in [0.2, 0.25) is 5.91 Å². The molecular formula is C24H29N7O2. The van der Waals surface area contributed by atoms with Crippen molar-refractivity contribution in [3.05, 3.63) is 30.5 Å². The number of hydrogen-bond donors (Lipinski definition) is 1. The summed E-state index contributed by atoms with van der Waals surface area (Å²) in [5, 5.41) is 3.53. The van der Waals surface area contributed by atoms with Crippen LogP contribution in [0.15, 0.2) is 24.7 Å². The number of rotatable bonds is 6. The van der Waals surface area contributed by atoms with Gasteiger partial charge in [0.15, 0.2) is 5.65 Å². The highest BCUT2D eigenvalue weighted by Crippen LogP contribution is 2.36. The van der Waals surface area contributed by atoms with E-state index in [2.05, 4.69) is 44.6 Å². The minimum atomic E-state index is -0.248. The summed E-state index contributed by atoms with van der Waals surface area (Å²) in [6.07, 6.45) is 15.5. The van der Waals surface area contributed by atoms with Crippen LogP contribution in [-0.2, 0) is 16.1 Å². The Morgan fingerprint density at radius 1 is 1.21 bits per heavy atom. The Labute approximate surface area is 193 Å². The van der Waals surface area contributed by atoms with Gasteiger partial charge < -0.3 is 19.5 Å². The lowest BCUT2D eigenvalue weighted by atomic mass is 10.1. The van der Waals surface area contributed by atoms with Crippen LogP contribution in [0.5, 0.6) is 0 Å². The molecule has 5 rings (SSSR count). The Bertz CT molecular complexity index is 1130. The number of amides is 1. The van der Waals surface area contributed by atoms with Gasteiger partial charge in [-0.3, -0.25) is 4.79 Å². The van der Waals surface area contributed by atoms with E-state index in [4.69, 9.17) is 9.72 Å². The van der Waals surface area contributed by atoms with Crippen molar-refractivity contribution < 1.29 is 9.53 Å². The highest BCUT2D eigenvalue weighted by Gasteiger charge is 2.39. The van der Waals surface area contributed by atoms with E-state index in [9.17, 15) is 4.79 Å². The van der Waals surface area contributed by atoms with Crippen molar-refractivity contribution in [1.29, 1.82) is 0 Å². The zero-order chi connectivity index (χ0) is 23.4. The van der Waals surface area contributed by atoms with Gasteiger partial charge in [-0.25, -0.2) is 19.9 Å². The Morgan fingerprint density at radius 3 is 2.55 bits per heavy atom. The van der Waals surface area contributed by atoms with E-state index in [1.54, 1.807) is 18.6 Å². The third-order valence-corrected chi connectivity index (χ3v) is 5.98. The number of pyridine rings is 1. The van der Waals surface area contributed by atoms with Gasteiger partial charge in [-0.2, -0.15) is 0 Å². The lowest BCUT2D eigenvalue weighted by Gasteiger charge is -2.31. The SMILES string of the molecule is C#C.CCn1c(-c2cnc(C)nc2)nc2c(NC(C(=O)N3CCOCC3)C3CC3)ccnc21. The van der Waals surface area contributed by atoms with Crippen LogP contribution in [-0.4, -0.2) is 67.7 Å². The summed E-state index contributed by atoms with van der Waals surface area (Å²) in [6, 6.07) is 1.66. The normalized spacial score (nSPS) is 16.7. The average molecular weight is 448 g/mol. The van der Waals surface area contributed by atoms with E-state index in [0.717, 1.165) is 53.4 Å². The lowest BCUT2D eigenvalue weighted by Crippen LogP contribution is -2.48. The standard InChI is InChI=1S/C22H27N7O2.C2H2/c1-3-29-20(16-12-24-14(2)25-13-16)27-19-17(6-7-23-21(19)29)26-18(15-4-5-15)22(30)28-8-10-31-11-9-28;1-2/h6-7,12-13,15,18H,3-5,8-11H2,1-2H3,(H,23,26);1-2H. The van der Waals surface area contributed by atoms with E-state index in [-0.39, 0.29) is 11.9 Å². The van der Waals surface area contributed by atoms with Crippen molar-refractivity contribution >= 4 is 22.8 Å². The van der Waals surface area contributed by atoms with Gasteiger partial charge in [-0.15, -0.1) is 12.8 Å². The molecule has 9 heteroatoms. The number of aromatic nitrogens is 5. The number of carbonyl (C=O) groups is 1. The molecule has 0 aromatic carbocycles. The number of anilines is 1. The number of terminal acetylenes is 1. The first-order valence-electron chi connectivity index (χ1n) is 11.3. The van der Waals surface area contributed by atoms with Crippen LogP contribution in [0.3, 0.4) is 0 Å². The summed E-state index contributed by atoms with van der Waals surface area (Å²) in [6.45, 7) is 7.15. The molecule has 1 aliphatic heterocycles. The maximum absolute atomic E-state index is 13.3. The predicted octanol–water partition coefficient (Wildman–Crippen LogP) is 2.52. The summed E-state index contributed by atoms with van der Waals surface area (Å²) < 4.78 is 7.47. The zero-order valence-corrected chi connectivity index (χ0v) is 19.1. The maximum atomic E-state index is 13.3. The molecule has 172 valence electrons. The largest absolute Gasteiger partial charge is 0.378 e. The molecule has 0 bridgehead atoms. The monoisotopic (exact) mass is 447 g/mol. The molecule has 2 aliphatic rings. The predicted molar refractivity (Wildman–Crippen MR) is 126 cm³/mol. The van der Waals surface area contributed by atoms with E-state index in [1.165, 1.54) is 0 Å². The highest BCUT2D eigenvalue weighted by atomic mass is 16.5. The highest BCUT2D eigenvalue weighted by molar-refractivity contribution is 5.92. The van der Waals surface area contributed by atoms with E-state index in [1.807, 2.05) is 17.9 Å². The number of hydrogen-bond acceptors (Lipinski definition) is 7. The van der Waals surface area contributed by atoms with Crippen molar-refractivity contribution in [3.63, 3.8) is 0 Å². The van der Waals surface area contributed by atoms with Gasteiger partial charge in [0.1, 0.15) is 23.2 Å². The first-order chi connectivity index (χ1) is 16.2. The summed E-state index contributed by atoms with van der Waals surface area (Å²) in [7, 11) is 0. The third-order valence-electron chi connectivity index (χ3n) is 5.98. The number of nitrogens with zero attached hydrogens (tertiary/aromatic N) is 6. The van der Waals surface area contributed by atoms with Crippen LogP contribution in [0.1, 0.15) is 25.6 Å². The van der Waals surface area contributed by atoms with Crippen LogP contribution >= 0.6 is 0 Å². The summed E-state index contributed by atoms with van der Waals surface area (Å²) in [4.78, 5) is 33.3. The van der Waals surface area contributed by atoms with Crippen molar-refractivity contribution in [3.8, 4) is 24.2 Å². The molecular weight excluding hydrogens is 418 g/mol. The van der Waals surface area contributed by atoms with Gasteiger partial charge in [0, 0.05) is 38.2 Å². The number of aryl methyl sites for hydroxylation is 2. The second-order valence-corrected chi connectivity index (χ2v) is 8.13. The molecule has 33 heavy (non-hydrogen) atoms. The van der Waals surface area contributed by atoms with Crippen molar-refractivity contribution in [2.75, 3.05) is 31.6 Å². The fourth-order valence-electron chi connectivity index (χ4n) is 4.12. The molecule has 3 aromatic rings. The Morgan fingerprint density at radius 2 is 1.91 bits per heavy atom. The molecule has 9 nitrogen and oxygen atoms in total. The molecule has 1 saturated heterocycles. The molecule has 3 aromatic heterocycles. The van der Waals surface area contributed by atoms with Gasteiger partial charge in [-0.05, 0) is 38.7 Å². The molecule has 1 aliphatic carbocycles. The molecule has 2 fully saturated rings. The number of carbonyl (C=O) groups excluding carboxylic acids is 1. The van der Waals surface area contributed by atoms with Crippen molar-refractivity contribution in [2.24, 2.45) is 5.92 Å². The maximum Gasteiger partial charge on any atom is 0.245 e. The summed E-state index contributed by atoms with van der Waals surface area (Å²) in [5.41, 5.74) is 3.24. The first kappa shape index (κ1) is 22.7. The summed E-state index contributed by atoms with van der Waals surface area (Å²) >= 11 is 0. The zero-order valence-electron chi connectivity index (χ0n) is 19.1. The molecule has 0 radical (unpaired) electrons. The number of ether oxygens (including phenoxy) is 1. The Kier molecular flexibility index (Phi) is 6.84. The quantitative estimate of drug-likeness (QED) is 0.580. The molecule has 1 saturated carbocycles. The fourth-order valence-corrected chi connectivity index (χ4v) is 4.12. The average Bonchev–Trinajstić information content (AvgIpc) is 3.64. The van der Waals surface area contributed by atoms with Crippen LogP contribution < -0.4 is 5.32 Å². The van der Waals surface area contributed by atoms with E-state index >= 15 is 0 Å². The van der Waals surface area contributed by atoms with Crippen LogP contribution in [0.2, 0.25) is 0 Å². The molecule has 1 N–H and O–H groups in total. The van der Waals surface area contributed by atoms with Gasteiger partial charge in [-0.1, -0.05) is 0 Å². The number of imidazole rings is 1. The van der Waals surface area contributed by atoms with Crippen LogP contribution in [0.4, 0.5) is 5.69 Å². The number of fused-ring (bicyclic) bond motifs is 1. The van der Waals surface area contributed by atoms with Crippen LogP contribution in [0, 0.1) is 25.7 Å². The molecule has 1 amide bonds. The van der Waals surface area contributed by atoms with Crippen LogP contribution in [0.25, 0.3) is 22.6 Å². The first-order valence-corrected chi connectivity index (χ1v) is 11.3. The van der Waals surface area contributed by atoms with Crippen molar-refractivity contribution in [2.45, 2.75) is 39.3 Å². The summed E-state index contributed by atoms with van der Waals surface area (Å²) in [5.74, 6) is 2.01. The Hall–Kier alpha value is -3.51. The van der Waals surface area contributed by atoms with Gasteiger partial charge in [0.25, 0.3) is 0 Å². The minimum Gasteiger partial charge on any atom is -0.378 e. The fraction of sp³-hybridized carbons (Fsp3) is 0.458. The van der Waals surface area contributed by atoms with Crippen molar-refractivity contribution in [1.82, 2.24) is 29.4 Å². The topological polar surface area (TPSA) is 98.1 Å². The number of nitrogens with one attached hydrogen (secondary N) is 1. The van der Waals surface area contributed by atoms with E-state index < -0.39 is 0 Å².